The molecule has 0 fully saturated rings. The largest absolute Gasteiger partial charge is 0.453 e. The lowest BCUT2D eigenvalue weighted by molar-refractivity contribution is 0.106. The molecule has 1 aliphatic heterocycles. The fraction of sp³-hybridized carbons (Fsp3) is 0.556. The summed E-state index contributed by atoms with van der Waals surface area (Å²) in [5.74, 6) is 0. The average Bonchev–Trinajstić information content (AvgIpc) is 2.77. The first kappa shape index (κ1) is 9.82. The Kier molecular flexibility index (Phi) is 2.26. The zero-order chi connectivity index (χ0) is 11.0. The van der Waals surface area contributed by atoms with Crippen molar-refractivity contribution < 1.29 is 9.53 Å². The number of amides is 1. The monoisotopic (exact) mass is 211 g/mol. The Morgan fingerprint density at radius 1 is 1.60 bits per heavy atom. The lowest BCUT2D eigenvalue weighted by atomic mass is 10.1. The highest BCUT2D eigenvalue weighted by molar-refractivity contribution is 5.69. The highest BCUT2D eigenvalue weighted by atomic mass is 16.5. The number of H-pyrrole nitrogens is 2. The number of methoxy groups -OCH3 is 1. The van der Waals surface area contributed by atoms with Gasteiger partial charge in [-0.15, -0.1) is 0 Å². The molecule has 2 heterocycles. The van der Waals surface area contributed by atoms with E-state index >= 15 is 0 Å². The molecule has 15 heavy (non-hydrogen) atoms. The van der Waals surface area contributed by atoms with E-state index in [0.717, 1.165) is 12.1 Å². The van der Waals surface area contributed by atoms with Crippen molar-refractivity contribution in [2.24, 2.45) is 0 Å². The lowest BCUT2D eigenvalue weighted by Crippen LogP contribution is -2.30. The number of nitrogens with one attached hydrogen (secondary N) is 2. The highest BCUT2D eigenvalue weighted by Gasteiger charge is 2.36. The number of fused-ring (bicyclic) bond motifs is 1. The minimum Gasteiger partial charge on any atom is -0.453 e. The zero-order valence-electron chi connectivity index (χ0n) is 8.66. The van der Waals surface area contributed by atoms with Gasteiger partial charge in [-0.3, -0.25) is 19.9 Å². The van der Waals surface area contributed by atoms with Gasteiger partial charge < -0.3 is 4.74 Å². The number of hydrogen-bond acceptors (Lipinski definition) is 3. The molecule has 1 aromatic heterocycles. The van der Waals surface area contributed by atoms with Crippen LogP contribution in [0.15, 0.2) is 4.79 Å². The van der Waals surface area contributed by atoms with Crippen LogP contribution in [-0.2, 0) is 11.3 Å². The maximum absolute atomic E-state index is 11.4. The summed E-state index contributed by atoms with van der Waals surface area (Å²) < 4.78 is 4.67. The smallest absolute Gasteiger partial charge is 0.410 e. The van der Waals surface area contributed by atoms with E-state index in [2.05, 4.69) is 14.9 Å². The van der Waals surface area contributed by atoms with Gasteiger partial charge in [-0.25, -0.2) is 4.79 Å². The summed E-state index contributed by atoms with van der Waals surface area (Å²) in [5.41, 5.74) is 1.27. The Morgan fingerprint density at radius 3 is 2.93 bits per heavy atom. The predicted octanol–water partition coefficient (Wildman–Crippen LogP) is 0.736. The van der Waals surface area contributed by atoms with E-state index < -0.39 is 6.09 Å². The van der Waals surface area contributed by atoms with Crippen LogP contribution in [0.3, 0.4) is 0 Å². The molecule has 0 aliphatic carbocycles. The Balaban J connectivity index is 2.36. The molecule has 1 amide bonds. The molecule has 0 saturated heterocycles. The number of nitrogens with zero attached hydrogens (tertiary/aromatic N) is 1. The second kappa shape index (κ2) is 3.45. The number of carbonyl (C=O) groups excluding carboxylic acids is 1. The molecule has 6 heteroatoms. The predicted molar refractivity (Wildman–Crippen MR) is 52.4 cm³/mol. The third kappa shape index (κ3) is 1.33. The van der Waals surface area contributed by atoms with E-state index in [1.165, 1.54) is 7.11 Å². The summed E-state index contributed by atoms with van der Waals surface area (Å²) >= 11 is 0. The second-order valence-electron chi connectivity index (χ2n) is 3.49. The first-order chi connectivity index (χ1) is 7.19. The van der Waals surface area contributed by atoms with E-state index in [4.69, 9.17) is 0 Å². The van der Waals surface area contributed by atoms with Crippen molar-refractivity contribution in [1.82, 2.24) is 15.1 Å². The van der Waals surface area contributed by atoms with Crippen molar-refractivity contribution in [1.29, 1.82) is 0 Å². The minimum atomic E-state index is -0.397. The molecule has 1 aliphatic rings. The molecule has 1 unspecified atom stereocenters. The maximum atomic E-state index is 11.4. The van der Waals surface area contributed by atoms with E-state index in [1.54, 1.807) is 4.90 Å². The molecule has 0 aromatic carbocycles. The molecule has 82 valence electrons. The van der Waals surface area contributed by atoms with Gasteiger partial charge in [0.1, 0.15) is 0 Å². The van der Waals surface area contributed by atoms with Crippen LogP contribution < -0.4 is 5.56 Å². The fourth-order valence-corrected chi connectivity index (χ4v) is 2.01. The summed E-state index contributed by atoms with van der Waals surface area (Å²) in [5, 5.41) is 5.33. The standard InChI is InChI=1S/C9H13N3O3/c1-3-6-7-5(8(13)11-10-7)4-12(6)9(14)15-2/h6H,3-4H2,1-2H3,(H2,10,11,13). The van der Waals surface area contributed by atoms with Gasteiger partial charge in [-0.2, -0.15) is 0 Å². The Hall–Kier alpha value is -1.72. The first-order valence-corrected chi connectivity index (χ1v) is 4.83. The molecule has 2 N–H and O–H groups in total. The van der Waals surface area contributed by atoms with Gasteiger partial charge in [-0.1, -0.05) is 6.92 Å². The Labute approximate surface area is 86.2 Å². The van der Waals surface area contributed by atoms with Crippen LogP contribution in [0, 0.1) is 0 Å². The summed E-state index contributed by atoms with van der Waals surface area (Å²) in [6.07, 6.45) is 0.349. The van der Waals surface area contributed by atoms with Crippen LogP contribution >= 0.6 is 0 Å². The highest BCUT2D eigenvalue weighted by Crippen LogP contribution is 2.32. The molecular formula is C9H13N3O3. The molecule has 1 aromatic rings. The van der Waals surface area contributed by atoms with Crippen LogP contribution in [0.5, 0.6) is 0 Å². The summed E-state index contributed by atoms with van der Waals surface area (Å²) in [6, 6.07) is -0.0913. The van der Waals surface area contributed by atoms with Gasteiger partial charge in [0, 0.05) is 0 Å². The first-order valence-electron chi connectivity index (χ1n) is 4.83. The zero-order valence-corrected chi connectivity index (χ0v) is 8.66. The van der Waals surface area contributed by atoms with Crippen molar-refractivity contribution >= 4 is 6.09 Å². The van der Waals surface area contributed by atoms with Crippen LogP contribution in [0.25, 0.3) is 0 Å². The summed E-state index contributed by atoms with van der Waals surface area (Å²) in [4.78, 5) is 24.4. The van der Waals surface area contributed by atoms with Gasteiger partial charge in [0.2, 0.25) is 0 Å². The van der Waals surface area contributed by atoms with E-state index in [9.17, 15) is 9.59 Å². The average molecular weight is 211 g/mol. The van der Waals surface area contributed by atoms with Crippen LogP contribution in [0.1, 0.15) is 30.6 Å². The Bertz CT molecular complexity index is 434. The fourth-order valence-electron chi connectivity index (χ4n) is 2.01. The van der Waals surface area contributed by atoms with Gasteiger partial charge in [0.15, 0.2) is 0 Å². The number of ether oxygens (including phenoxy) is 1. The normalized spacial score (nSPS) is 19.1. The quantitative estimate of drug-likeness (QED) is 0.719. The van der Waals surface area contributed by atoms with Gasteiger partial charge in [-0.05, 0) is 6.42 Å². The number of carbonyl (C=O) groups is 1. The maximum Gasteiger partial charge on any atom is 0.410 e. The van der Waals surface area contributed by atoms with Gasteiger partial charge in [0.25, 0.3) is 5.56 Å². The number of aromatic nitrogens is 2. The van der Waals surface area contributed by atoms with Gasteiger partial charge in [0.05, 0.1) is 31.0 Å². The molecule has 0 saturated carbocycles. The van der Waals surface area contributed by atoms with E-state index in [0.29, 0.717) is 12.1 Å². The molecule has 0 bridgehead atoms. The number of rotatable bonds is 1. The molecule has 0 spiro atoms. The van der Waals surface area contributed by atoms with Gasteiger partial charge >= 0.3 is 6.09 Å². The number of aromatic amines is 2. The third-order valence-electron chi connectivity index (χ3n) is 2.74. The molecule has 0 radical (unpaired) electrons. The molecule has 2 rings (SSSR count). The summed E-state index contributed by atoms with van der Waals surface area (Å²) in [6.45, 7) is 2.28. The summed E-state index contributed by atoms with van der Waals surface area (Å²) in [7, 11) is 1.34. The van der Waals surface area contributed by atoms with Crippen molar-refractivity contribution in [2.45, 2.75) is 25.9 Å². The van der Waals surface area contributed by atoms with Crippen molar-refractivity contribution in [3.8, 4) is 0 Å². The Morgan fingerprint density at radius 2 is 2.33 bits per heavy atom. The lowest BCUT2D eigenvalue weighted by Gasteiger charge is -2.21. The SMILES string of the molecule is CCC1c2[nH][nH]c(=O)c2CN1C(=O)OC. The van der Waals surface area contributed by atoms with Crippen LogP contribution in [0.4, 0.5) is 4.79 Å². The van der Waals surface area contributed by atoms with Crippen molar-refractivity contribution in [3.63, 3.8) is 0 Å². The molecular weight excluding hydrogens is 198 g/mol. The van der Waals surface area contributed by atoms with Crippen LogP contribution in [-0.4, -0.2) is 28.3 Å². The van der Waals surface area contributed by atoms with Crippen molar-refractivity contribution in [2.75, 3.05) is 7.11 Å². The topological polar surface area (TPSA) is 78.2 Å². The molecule has 1 atom stereocenters. The third-order valence-corrected chi connectivity index (χ3v) is 2.74. The minimum absolute atomic E-state index is 0.0913. The van der Waals surface area contributed by atoms with E-state index in [1.807, 2.05) is 6.92 Å². The van der Waals surface area contributed by atoms with E-state index in [-0.39, 0.29) is 11.6 Å². The van der Waals surface area contributed by atoms with Crippen LogP contribution in [0.2, 0.25) is 0 Å². The second-order valence-corrected chi connectivity index (χ2v) is 3.49. The molecule has 6 nitrogen and oxygen atoms in total. The van der Waals surface area contributed by atoms with Crippen molar-refractivity contribution in [3.05, 3.63) is 21.6 Å². The number of hydrogen-bond donors (Lipinski definition) is 2.